The minimum atomic E-state index is -1.11. The summed E-state index contributed by atoms with van der Waals surface area (Å²) < 4.78 is 7.19. The van der Waals surface area contributed by atoms with E-state index in [1.807, 2.05) is 0 Å². The van der Waals surface area contributed by atoms with Gasteiger partial charge in [0.1, 0.15) is 5.15 Å². The maximum Gasteiger partial charge on any atom is 0.338 e. The maximum atomic E-state index is 10.9. The Morgan fingerprint density at radius 1 is 1.35 bits per heavy atom. The summed E-state index contributed by atoms with van der Waals surface area (Å²) in [4.78, 5) is 15.0. The first-order valence-corrected chi connectivity index (χ1v) is 8.10. The molecule has 7 heteroatoms. The molecule has 0 unspecified atom stereocenters. The van der Waals surface area contributed by atoms with Crippen molar-refractivity contribution >= 4 is 17.6 Å². The van der Waals surface area contributed by atoms with Crippen molar-refractivity contribution in [3.63, 3.8) is 0 Å². The number of carboxylic acid groups (broad SMARTS) is 1. The van der Waals surface area contributed by atoms with E-state index in [0.29, 0.717) is 18.3 Å². The van der Waals surface area contributed by atoms with Crippen LogP contribution in [0.15, 0.2) is 24.4 Å². The molecule has 1 aliphatic carbocycles. The predicted molar refractivity (Wildman–Crippen MR) is 85.4 cm³/mol. The van der Waals surface area contributed by atoms with Crippen molar-refractivity contribution in [1.82, 2.24) is 14.8 Å². The summed E-state index contributed by atoms with van der Waals surface area (Å²) in [5, 5.41) is 13.2. The molecule has 0 bridgehead atoms. The number of carbonyl (C=O) groups is 1. The number of nitrogens with zero attached hydrogens (tertiary/aromatic N) is 3. The quantitative estimate of drug-likeness (QED) is 0.816. The summed E-state index contributed by atoms with van der Waals surface area (Å²) in [7, 11) is 0. The molecule has 122 valence electrons. The van der Waals surface area contributed by atoms with Gasteiger partial charge in [0.2, 0.25) is 5.88 Å². The monoisotopic (exact) mass is 335 g/mol. The normalized spacial score (nSPS) is 15.0. The molecule has 0 saturated heterocycles. The molecule has 0 spiro atoms. The molecule has 0 aliphatic heterocycles. The zero-order valence-electron chi connectivity index (χ0n) is 12.6. The van der Waals surface area contributed by atoms with Crippen LogP contribution in [0, 0.1) is 5.92 Å². The summed E-state index contributed by atoms with van der Waals surface area (Å²) >= 11 is 5.87. The molecule has 2 aromatic rings. The number of halogens is 1. The Morgan fingerprint density at radius 2 is 2.13 bits per heavy atom. The van der Waals surface area contributed by atoms with Crippen molar-refractivity contribution in [2.45, 2.75) is 32.1 Å². The van der Waals surface area contributed by atoms with Gasteiger partial charge in [-0.3, -0.25) is 0 Å². The van der Waals surface area contributed by atoms with Crippen molar-refractivity contribution in [2.75, 3.05) is 6.61 Å². The second kappa shape index (κ2) is 7.00. The minimum Gasteiger partial charge on any atom is -0.478 e. The number of aromatic carboxylic acids is 1. The van der Waals surface area contributed by atoms with E-state index in [4.69, 9.17) is 21.4 Å². The van der Waals surface area contributed by atoms with E-state index in [9.17, 15) is 4.79 Å². The average molecular weight is 336 g/mol. The van der Waals surface area contributed by atoms with E-state index in [0.717, 1.165) is 12.3 Å². The summed E-state index contributed by atoms with van der Waals surface area (Å²) in [6, 6.07) is 4.73. The molecule has 1 aliphatic rings. The van der Waals surface area contributed by atoms with Gasteiger partial charge in [0.15, 0.2) is 5.82 Å². The minimum absolute atomic E-state index is 0.0318. The number of hydrogen-bond donors (Lipinski definition) is 1. The van der Waals surface area contributed by atoms with Gasteiger partial charge in [0.25, 0.3) is 0 Å². The second-order valence-electron chi connectivity index (χ2n) is 5.70. The lowest BCUT2D eigenvalue weighted by Gasteiger charge is -2.08. The predicted octanol–water partition coefficient (Wildman–Crippen LogP) is 3.58. The largest absolute Gasteiger partial charge is 0.478 e. The molecule has 0 aromatic carbocycles. The van der Waals surface area contributed by atoms with Crippen LogP contribution in [-0.4, -0.2) is 32.4 Å². The van der Waals surface area contributed by atoms with Crippen molar-refractivity contribution < 1.29 is 14.6 Å². The fourth-order valence-electron chi connectivity index (χ4n) is 2.85. The molecule has 0 radical (unpaired) electrons. The first-order chi connectivity index (χ1) is 11.1. The van der Waals surface area contributed by atoms with E-state index in [1.165, 1.54) is 36.4 Å². The zero-order valence-corrected chi connectivity index (χ0v) is 13.4. The molecule has 2 heterocycles. The average Bonchev–Trinajstić information content (AvgIpc) is 3.18. The van der Waals surface area contributed by atoms with E-state index in [2.05, 4.69) is 10.1 Å². The van der Waals surface area contributed by atoms with Crippen molar-refractivity contribution in [3.8, 4) is 11.7 Å². The van der Waals surface area contributed by atoms with Gasteiger partial charge in [-0.1, -0.05) is 37.3 Å². The van der Waals surface area contributed by atoms with Crippen LogP contribution in [0.25, 0.3) is 5.82 Å². The SMILES string of the molecule is O=C(O)c1ccc(-n2ccc(OCCC3CCCC3)n2)nc1Cl. The summed E-state index contributed by atoms with van der Waals surface area (Å²) in [6.07, 6.45) is 8.04. The third-order valence-electron chi connectivity index (χ3n) is 4.11. The Balaban J connectivity index is 1.62. The fraction of sp³-hybridized carbons (Fsp3) is 0.438. The van der Waals surface area contributed by atoms with Gasteiger partial charge in [0, 0.05) is 12.3 Å². The van der Waals surface area contributed by atoms with Gasteiger partial charge in [-0.25, -0.2) is 14.5 Å². The van der Waals surface area contributed by atoms with Crippen LogP contribution >= 0.6 is 11.6 Å². The van der Waals surface area contributed by atoms with Gasteiger partial charge < -0.3 is 9.84 Å². The summed E-state index contributed by atoms with van der Waals surface area (Å²) in [5.74, 6) is 0.653. The van der Waals surface area contributed by atoms with E-state index in [-0.39, 0.29) is 10.7 Å². The highest BCUT2D eigenvalue weighted by atomic mass is 35.5. The Hall–Kier alpha value is -2.08. The Kier molecular flexibility index (Phi) is 4.81. The highest BCUT2D eigenvalue weighted by Crippen LogP contribution is 2.27. The molecule has 1 fully saturated rings. The van der Waals surface area contributed by atoms with Crippen LogP contribution in [0.1, 0.15) is 42.5 Å². The van der Waals surface area contributed by atoms with Gasteiger partial charge in [-0.2, -0.15) is 0 Å². The first-order valence-electron chi connectivity index (χ1n) is 7.72. The molecule has 2 aromatic heterocycles. The molecular formula is C16H18ClN3O3. The summed E-state index contributed by atoms with van der Waals surface area (Å²) in [6.45, 7) is 0.661. The number of ether oxygens (including phenoxy) is 1. The molecule has 3 rings (SSSR count). The second-order valence-corrected chi connectivity index (χ2v) is 6.06. The lowest BCUT2D eigenvalue weighted by molar-refractivity contribution is 0.0696. The maximum absolute atomic E-state index is 10.9. The van der Waals surface area contributed by atoms with Gasteiger partial charge in [-0.05, 0) is 24.5 Å². The van der Waals surface area contributed by atoms with Crippen LogP contribution < -0.4 is 4.74 Å². The van der Waals surface area contributed by atoms with Crippen molar-refractivity contribution in [2.24, 2.45) is 5.92 Å². The van der Waals surface area contributed by atoms with E-state index < -0.39 is 5.97 Å². The number of rotatable bonds is 6. The number of aromatic nitrogens is 3. The lowest BCUT2D eigenvalue weighted by Crippen LogP contribution is -2.06. The highest BCUT2D eigenvalue weighted by molar-refractivity contribution is 6.32. The van der Waals surface area contributed by atoms with Crippen LogP contribution in [-0.2, 0) is 0 Å². The highest BCUT2D eigenvalue weighted by Gasteiger charge is 2.15. The standard InChI is InChI=1S/C16H18ClN3O3/c17-15-12(16(21)22)5-6-13(18-15)20-9-7-14(19-20)23-10-8-11-3-1-2-4-11/h5-7,9,11H,1-4,8,10H2,(H,21,22). The Labute approximate surface area is 139 Å². The third-order valence-corrected chi connectivity index (χ3v) is 4.40. The van der Waals surface area contributed by atoms with E-state index >= 15 is 0 Å². The van der Waals surface area contributed by atoms with E-state index in [1.54, 1.807) is 18.3 Å². The smallest absolute Gasteiger partial charge is 0.338 e. The first kappa shape index (κ1) is 15.8. The molecular weight excluding hydrogens is 318 g/mol. The third kappa shape index (κ3) is 3.82. The van der Waals surface area contributed by atoms with Crippen LogP contribution in [0.5, 0.6) is 5.88 Å². The molecule has 1 N–H and O–H groups in total. The van der Waals surface area contributed by atoms with Crippen LogP contribution in [0.2, 0.25) is 5.15 Å². The number of carboxylic acids is 1. The topological polar surface area (TPSA) is 77.2 Å². The molecule has 0 amide bonds. The molecule has 1 saturated carbocycles. The Bertz CT molecular complexity index is 696. The zero-order chi connectivity index (χ0) is 16.2. The molecule has 0 atom stereocenters. The Morgan fingerprint density at radius 3 is 2.83 bits per heavy atom. The van der Waals surface area contributed by atoms with Gasteiger partial charge in [0.05, 0.1) is 12.2 Å². The van der Waals surface area contributed by atoms with Crippen molar-refractivity contribution in [3.05, 3.63) is 35.1 Å². The van der Waals surface area contributed by atoms with Gasteiger partial charge >= 0.3 is 5.97 Å². The van der Waals surface area contributed by atoms with Crippen molar-refractivity contribution in [1.29, 1.82) is 0 Å². The lowest BCUT2D eigenvalue weighted by atomic mass is 10.1. The fourth-order valence-corrected chi connectivity index (χ4v) is 3.08. The number of hydrogen-bond acceptors (Lipinski definition) is 4. The van der Waals surface area contributed by atoms with Crippen LogP contribution in [0.4, 0.5) is 0 Å². The summed E-state index contributed by atoms with van der Waals surface area (Å²) in [5.41, 5.74) is -0.0318. The molecule has 6 nitrogen and oxygen atoms in total. The number of pyridine rings is 1. The molecule has 23 heavy (non-hydrogen) atoms. The van der Waals surface area contributed by atoms with Gasteiger partial charge in [-0.15, -0.1) is 5.10 Å². The van der Waals surface area contributed by atoms with Crippen LogP contribution in [0.3, 0.4) is 0 Å².